The van der Waals surface area contributed by atoms with Crippen molar-refractivity contribution in [2.45, 2.75) is 26.2 Å². The fourth-order valence-corrected chi connectivity index (χ4v) is 2.30. The largest absolute Gasteiger partial charge is 0.484 e. The van der Waals surface area contributed by atoms with Gasteiger partial charge in [-0.3, -0.25) is 4.79 Å². The summed E-state index contributed by atoms with van der Waals surface area (Å²) in [6.07, 6.45) is 0. The minimum Gasteiger partial charge on any atom is -0.484 e. The Morgan fingerprint density at radius 1 is 1.07 bits per heavy atom. The Bertz CT molecular complexity index is 860. The molecule has 2 aromatic carbocycles. The maximum atomic E-state index is 13.9. The van der Waals surface area contributed by atoms with Crippen molar-refractivity contribution < 1.29 is 27.8 Å². The molecule has 0 aromatic heterocycles. The Hall–Kier alpha value is -2.96. The van der Waals surface area contributed by atoms with E-state index in [4.69, 9.17) is 4.74 Å². The zero-order chi connectivity index (χ0) is 20.2. The SMILES string of the molecule is COC(=O)c1cc(NC(=O)COc2cccc(C(C)(C)C)c2)c(F)cc1F. The molecule has 0 aliphatic carbocycles. The first-order valence-corrected chi connectivity index (χ1v) is 8.22. The molecule has 5 nitrogen and oxygen atoms in total. The lowest BCUT2D eigenvalue weighted by molar-refractivity contribution is -0.118. The minimum absolute atomic E-state index is 0.0802. The second-order valence-electron chi connectivity index (χ2n) is 6.92. The van der Waals surface area contributed by atoms with Gasteiger partial charge in [0.2, 0.25) is 0 Å². The average molecular weight is 377 g/mol. The summed E-state index contributed by atoms with van der Waals surface area (Å²) in [5.74, 6) is -3.22. The molecule has 0 atom stereocenters. The van der Waals surface area contributed by atoms with Crippen LogP contribution in [0, 0.1) is 11.6 Å². The van der Waals surface area contributed by atoms with Crippen molar-refractivity contribution in [3.05, 3.63) is 59.2 Å². The molecule has 0 aliphatic rings. The number of carbonyl (C=O) groups is 2. The molecule has 1 amide bonds. The molecule has 2 rings (SSSR count). The van der Waals surface area contributed by atoms with Crippen molar-refractivity contribution in [1.82, 2.24) is 0 Å². The molecule has 0 spiro atoms. The Morgan fingerprint density at radius 3 is 2.41 bits per heavy atom. The lowest BCUT2D eigenvalue weighted by Gasteiger charge is -2.19. The lowest BCUT2D eigenvalue weighted by Crippen LogP contribution is -2.21. The van der Waals surface area contributed by atoms with Gasteiger partial charge in [0.25, 0.3) is 5.91 Å². The fraction of sp³-hybridized carbons (Fsp3) is 0.300. The van der Waals surface area contributed by atoms with Crippen molar-refractivity contribution in [3.63, 3.8) is 0 Å². The van der Waals surface area contributed by atoms with Crippen LogP contribution in [0.25, 0.3) is 0 Å². The van der Waals surface area contributed by atoms with Crippen molar-refractivity contribution in [2.24, 2.45) is 0 Å². The van der Waals surface area contributed by atoms with Gasteiger partial charge in [0.05, 0.1) is 18.4 Å². The molecule has 0 fully saturated rings. The van der Waals surface area contributed by atoms with Crippen LogP contribution in [0.4, 0.5) is 14.5 Å². The Kier molecular flexibility index (Phi) is 6.15. The van der Waals surface area contributed by atoms with E-state index < -0.39 is 29.1 Å². The number of nitrogens with one attached hydrogen (secondary N) is 1. The monoisotopic (exact) mass is 377 g/mol. The van der Waals surface area contributed by atoms with E-state index in [2.05, 4.69) is 30.8 Å². The maximum absolute atomic E-state index is 13.9. The van der Waals surface area contributed by atoms with E-state index in [0.717, 1.165) is 18.7 Å². The molecule has 2 aromatic rings. The van der Waals surface area contributed by atoms with E-state index in [9.17, 15) is 18.4 Å². The number of halogens is 2. The zero-order valence-corrected chi connectivity index (χ0v) is 15.6. The Balaban J connectivity index is 2.07. The molecule has 144 valence electrons. The van der Waals surface area contributed by atoms with Crippen LogP contribution in [0.3, 0.4) is 0 Å². The van der Waals surface area contributed by atoms with E-state index >= 15 is 0 Å². The molecule has 0 bridgehead atoms. The van der Waals surface area contributed by atoms with Crippen molar-refractivity contribution in [1.29, 1.82) is 0 Å². The third-order valence-electron chi connectivity index (χ3n) is 3.81. The van der Waals surface area contributed by atoms with E-state index in [-0.39, 0.29) is 17.7 Å². The number of esters is 1. The highest BCUT2D eigenvalue weighted by Crippen LogP contribution is 2.25. The van der Waals surface area contributed by atoms with Gasteiger partial charge < -0.3 is 14.8 Å². The van der Waals surface area contributed by atoms with E-state index in [1.165, 1.54) is 0 Å². The van der Waals surface area contributed by atoms with Gasteiger partial charge in [0.1, 0.15) is 17.4 Å². The lowest BCUT2D eigenvalue weighted by atomic mass is 9.87. The van der Waals surface area contributed by atoms with Gasteiger partial charge in [-0.2, -0.15) is 0 Å². The molecule has 0 saturated carbocycles. The van der Waals surface area contributed by atoms with E-state index in [0.29, 0.717) is 11.8 Å². The van der Waals surface area contributed by atoms with Crippen LogP contribution >= 0.6 is 0 Å². The molecular formula is C20H21F2NO4. The summed E-state index contributed by atoms with van der Waals surface area (Å²) >= 11 is 0. The molecule has 27 heavy (non-hydrogen) atoms. The first kappa shape index (κ1) is 20.4. The number of amides is 1. The third kappa shape index (κ3) is 5.26. The molecule has 0 heterocycles. The quantitative estimate of drug-likeness (QED) is 0.798. The fourth-order valence-electron chi connectivity index (χ4n) is 2.30. The maximum Gasteiger partial charge on any atom is 0.340 e. The van der Waals surface area contributed by atoms with Gasteiger partial charge in [-0.15, -0.1) is 0 Å². The number of hydrogen-bond donors (Lipinski definition) is 1. The first-order chi connectivity index (χ1) is 12.6. The molecule has 0 aliphatic heterocycles. The summed E-state index contributed by atoms with van der Waals surface area (Å²) in [5.41, 5.74) is 0.137. The summed E-state index contributed by atoms with van der Waals surface area (Å²) in [6.45, 7) is 5.77. The van der Waals surface area contributed by atoms with Crippen LogP contribution in [0.5, 0.6) is 5.75 Å². The number of hydrogen-bond acceptors (Lipinski definition) is 4. The van der Waals surface area contributed by atoms with E-state index in [1.54, 1.807) is 6.07 Å². The minimum atomic E-state index is -1.08. The van der Waals surface area contributed by atoms with Crippen LogP contribution in [0.1, 0.15) is 36.7 Å². The standard InChI is InChI=1S/C20H21F2NO4/c1-20(2,3)12-6-5-7-13(8-12)27-11-18(24)23-17-9-14(19(25)26-4)15(21)10-16(17)22/h5-10H,11H2,1-4H3,(H,23,24). The van der Waals surface area contributed by atoms with Gasteiger partial charge in [-0.05, 0) is 29.2 Å². The van der Waals surface area contributed by atoms with Gasteiger partial charge in [0.15, 0.2) is 6.61 Å². The van der Waals surface area contributed by atoms with Crippen molar-refractivity contribution in [3.8, 4) is 5.75 Å². The van der Waals surface area contributed by atoms with Gasteiger partial charge in [-0.25, -0.2) is 13.6 Å². The molecule has 7 heteroatoms. The number of anilines is 1. The predicted octanol–water partition coefficient (Wildman–Crippen LogP) is 4.07. The first-order valence-electron chi connectivity index (χ1n) is 8.22. The third-order valence-corrected chi connectivity index (χ3v) is 3.81. The topological polar surface area (TPSA) is 64.6 Å². The molecule has 0 unspecified atom stereocenters. The van der Waals surface area contributed by atoms with Crippen molar-refractivity contribution >= 4 is 17.6 Å². The smallest absolute Gasteiger partial charge is 0.340 e. The highest BCUT2D eigenvalue weighted by molar-refractivity contribution is 5.95. The molecule has 1 N–H and O–H groups in total. The van der Waals surface area contributed by atoms with Crippen LogP contribution in [-0.4, -0.2) is 25.6 Å². The summed E-state index contributed by atoms with van der Waals surface area (Å²) < 4.78 is 37.3. The molecular weight excluding hydrogens is 356 g/mol. The van der Waals surface area contributed by atoms with E-state index in [1.807, 2.05) is 18.2 Å². The van der Waals surface area contributed by atoms with Gasteiger partial charge >= 0.3 is 5.97 Å². The molecule has 0 saturated heterocycles. The highest BCUT2D eigenvalue weighted by Gasteiger charge is 2.18. The second kappa shape index (κ2) is 8.16. The number of methoxy groups -OCH3 is 1. The summed E-state index contributed by atoms with van der Waals surface area (Å²) in [5, 5.41) is 2.26. The number of carbonyl (C=O) groups excluding carboxylic acids is 2. The van der Waals surface area contributed by atoms with Crippen LogP contribution < -0.4 is 10.1 Å². The summed E-state index contributed by atoms with van der Waals surface area (Å²) in [4.78, 5) is 23.5. The number of benzene rings is 2. The zero-order valence-electron chi connectivity index (χ0n) is 15.6. The van der Waals surface area contributed by atoms with Crippen LogP contribution in [0.2, 0.25) is 0 Å². The number of ether oxygens (including phenoxy) is 2. The van der Waals surface area contributed by atoms with Crippen molar-refractivity contribution in [2.75, 3.05) is 19.0 Å². The second-order valence-corrected chi connectivity index (χ2v) is 6.92. The molecule has 0 radical (unpaired) electrons. The van der Waals surface area contributed by atoms with Crippen LogP contribution in [0.15, 0.2) is 36.4 Å². The Morgan fingerprint density at radius 2 is 1.78 bits per heavy atom. The summed E-state index contributed by atoms with van der Waals surface area (Å²) in [6, 6.07) is 8.69. The predicted molar refractivity (Wildman–Crippen MR) is 97.0 cm³/mol. The van der Waals surface area contributed by atoms with Gasteiger partial charge in [-0.1, -0.05) is 32.9 Å². The highest BCUT2D eigenvalue weighted by atomic mass is 19.1. The Labute approximate surface area is 156 Å². The summed E-state index contributed by atoms with van der Waals surface area (Å²) in [7, 11) is 1.07. The average Bonchev–Trinajstić information content (AvgIpc) is 2.61. The van der Waals surface area contributed by atoms with Crippen LogP contribution in [-0.2, 0) is 14.9 Å². The normalized spacial score (nSPS) is 11.0. The number of rotatable bonds is 5. The van der Waals surface area contributed by atoms with Gasteiger partial charge in [0, 0.05) is 6.07 Å².